The zero-order valence-corrected chi connectivity index (χ0v) is 20.0. The number of likely N-dealkylation sites (N-methyl/N-ethyl adjacent to an activating group) is 1. The summed E-state index contributed by atoms with van der Waals surface area (Å²) in [5.74, 6) is -0.0855. The van der Waals surface area contributed by atoms with Gasteiger partial charge in [0.2, 0.25) is 6.29 Å². The van der Waals surface area contributed by atoms with Crippen molar-refractivity contribution in [3.63, 3.8) is 0 Å². The first-order chi connectivity index (χ1) is 15.1. The standard InChI is InChI=1S/C23H36N4O5/c1-13-17(25-32-19(13)22-30-12-16(31-22)23(3,4)5)20(28)24-18-14(2)26(6)27(21(18)29)15-10-8-7-9-11-15/h14-16,18,22H,7-12H2,1-6H3,(H,24,28)/t14?,16?,18-,22?/m1/s1. The van der Waals surface area contributed by atoms with Crippen LogP contribution in [0.3, 0.4) is 0 Å². The molecular weight excluding hydrogens is 412 g/mol. The van der Waals surface area contributed by atoms with Crippen LogP contribution in [0.1, 0.15) is 87.9 Å². The number of hydrazine groups is 1. The molecule has 3 heterocycles. The van der Waals surface area contributed by atoms with Gasteiger partial charge in [0, 0.05) is 18.7 Å². The van der Waals surface area contributed by atoms with E-state index in [9.17, 15) is 9.59 Å². The van der Waals surface area contributed by atoms with Crippen molar-refractivity contribution in [2.24, 2.45) is 5.41 Å². The van der Waals surface area contributed by atoms with E-state index in [0.29, 0.717) is 17.9 Å². The number of rotatable bonds is 4. The van der Waals surface area contributed by atoms with Gasteiger partial charge in [-0.05, 0) is 32.1 Å². The molecule has 3 aliphatic rings. The zero-order valence-electron chi connectivity index (χ0n) is 20.0. The Morgan fingerprint density at radius 3 is 2.50 bits per heavy atom. The van der Waals surface area contributed by atoms with Crippen molar-refractivity contribution < 1.29 is 23.6 Å². The summed E-state index contributed by atoms with van der Waals surface area (Å²) < 4.78 is 17.2. The highest BCUT2D eigenvalue weighted by molar-refractivity contribution is 5.98. The average Bonchev–Trinajstić information content (AvgIpc) is 3.43. The molecule has 1 aromatic heterocycles. The first-order valence-electron chi connectivity index (χ1n) is 11.7. The Morgan fingerprint density at radius 2 is 1.88 bits per heavy atom. The van der Waals surface area contributed by atoms with E-state index in [2.05, 4.69) is 31.2 Å². The number of hydrogen-bond acceptors (Lipinski definition) is 7. The fourth-order valence-corrected chi connectivity index (χ4v) is 4.85. The molecule has 1 saturated carbocycles. The van der Waals surface area contributed by atoms with Crippen LogP contribution in [0.2, 0.25) is 0 Å². The minimum Gasteiger partial charge on any atom is -0.355 e. The fourth-order valence-electron chi connectivity index (χ4n) is 4.85. The van der Waals surface area contributed by atoms with Gasteiger partial charge in [-0.3, -0.25) is 14.6 Å². The minimum atomic E-state index is -0.687. The highest BCUT2D eigenvalue weighted by Crippen LogP contribution is 2.37. The number of ether oxygens (including phenoxy) is 2. The van der Waals surface area contributed by atoms with E-state index in [4.69, 9.17) is 14.0 Å². The second-order valence-corrected chi connectivity index (χ2v) is 10.4. The van der Waals surface area contributed by atoms with Crippen LogP contribution in [-0.2, 0) is 14.3 Å². The molecule has 2 saturated heterocycles. The lowest BCUT2D eigenvalue weighted by atomic mass is 9.90. The predicted octanol–water partition coefficient (Wildman–Crippen LogP) is 2.95. The molecule has 2 aliphatic heterocycles. The van der Waals surface area contributed by atoms with Crippen LogP contribution in [0.15, 0.2) is 4.52 Å². The van der Waals surface area contributed by atoms with Crippen molar-refractivity contribution in [2.75, 3.05) is 13.7 Å². The number of nitrogens with one attached hydrogen (secondary N) is 1. The molecule has 3 fully saturated rings. The lowest BCUT2D eigenvalue weighted by Crippen LogP contribution is -2.47. The van der Waals surface area contributed by atoms with Crippen LogP contribution in [0.25, 0.3) is 0 Å². The second-order valence-electron chi connectivity index (χ2n) is 10.4. The van der Waals surface area contributed by atoms with Crippen LogP contribution in [0.5, 0.6) is 0 Å². The molecule has 178 valence electrons. The van der Waals surface area contributed by atoms with E-state index in [1.807, 2.05) is 24.0 Å². The van der Waals surface area contributed by atoms with Gasteiger partial charge in [0.25, 0.3) is 11.8 Å². The van der Waals surface area contributed by atoms with Crippen LogP contribution >= 0.6 is 0 Å². The van der Waals surface area contributed by atoms with E-state index < -0.39 is 18.2 Å². The summed E-state index contributed by atoms with van der Waals surface area (Å²) in [5.41, 5.74) is 0.653. The van der Waals surface area contributed by atoms with Gasteiger partial charge in [-0.15, -0.1) is 0 Å². The van der Waals surface area contributed by atoms with Gasteiger partial charge in [-0.1, -0.05) is 45.2 Å². The number of hydrogen-bond donors (Lipinski definition) is 1. The molecule has 0 spiro atoms. The molecule has 1 aliphatic carbocycles. The summed E-state index contributed by atoms with van der Waals surface area (Å²) >= 11 is 0. The molecule has 4 atom stereocenters. The van der Waals surface area contributed by atoms with E-state index in [-0.39, 0.29) is 35.2 Å². The summed E-state index contributed by atoms with van der Waals surface area (Å²) in [7, 11) is 1.92. The van der Waals surface area contributed by atoms with Crippen molar-refractivity contribution in [3.05, 3.63) is 17.0 Å². The lowest BCUT2D eigenvalue weighted by molar-refractivity contribution is -0.143. The molecule has 0 bridgehead atoms. The van der Waals surface area contributed by atoms with E-state index in [0.717, 1.165) is 25.7 Å². The number of nitrogens with zero attached hydrogens (tertiary/aromatic N) is 3. The molecule has 0 radical (unpaired) electrons. The normalized spacial score (nSPS) is 30.3. The third-order valence-electron chi connectivity index (χ3n) is 7.15. The maximum atomic E-state index is 13.2. The Balaban J connectivity index is 1.45. The number of amides is 2. The van der Waals surface area contributed by atoms with E-state index in [1.165, 1.54) is 6.42 Å². The Labute approximate surface area is 189 Å². The van der Waals surface area contributed by atoms with Crippen LogP contribution in [0, 0.1) is 12.3 Å². The van der Waals surface area contributed by atoms with Crippen molar-refractivity contribution in [1.29, 1.82) is 0 Å². The summed E-state index contributed by atoms with van der Waals surface area (Å²) in [6, 6.07) is -0.564. The maximum absolute atomic E-state index is 13.2. The molecule has 3 unspecified atom stereocenters. The average molecular weight is 449 g/mol. The third kappa shape index (κ3) is 4.18. The highest BCUT2D eigenvalue weighted by Gasteiger charge is 2.46. The summed E-state index contributed by atoms with van der Waals surface area (Å²) in [5, 5.41) is 10.7. The van der Waals surface area contributed by atoms with Crippen LogP contribution in [-0.4, -0.2) is 64.9 Å². The molecular formula is C23H36N4O5. The predicted molar refractivity (Wildman–Crippen MR) is 116 cm³/mol. The van der Waals surface area contributed by atoms with Gasteiger partial charge in [-0.2, -0.15) is 0 Å². The van der Waals surface area contributed by atoms with Crippen molar-refractivity contribution in [1.82, 2.24) is 20.5 Å². The van der Waals surface area contributed by atoms with Gasteiger partial charge >= 0.3 is 0 Å². The minimum absolute atomic E-state index is 0.0582. The molecule has 9 nitrogen and oxygen atoms in total. The van der Waals surface area contributed by atoms with Gasteiger partial charge in [0.15, 0.2) is 11.5 Å². The molecule has 2 amide bonds. The fraction of sp³-hybridized carbons (Fsp3) is 0.783. The first kappa shape index (κ1) is 23.2. The Kier molecular flexibility index (Phi) is 6.35. The third-order valence-corrected chi connectivity index (χ3v) is 7.15. The van der Waals surface area contributed by atoms with Gasteiger partial charge < -0.3 is 19.3 Å². The largest absolute Gasteiger partial charge is 0.355 e. The first-order valence-corrected chi connectivity index (χ1v) is 11.7. The molecule has 4 rings (SSSR count). The molecule has 9 heteroatoms. The monoisotopic (exact) mass is 448 g/mol. The van der Waals surface area contributed by atoms with Crippen molar-refractivity contribution in [2.45, 2.75) is 97.2 Å². The second kappa shape index (κ2) is 8.76. The van der Waals surface area contributed by atoms with E-state index in [1.54, 1.807) is 6.92 Å². The molecule has 1 aromatic rings. The SMILES string of the molecule is Cc1c(C(=O)N[C@H]2C(=O)N(C3CCCCC3)N(C)C2C)noc1C1OCC(C(C)(C)C)O1. The van der Waals surface area contributed by atoms with E-state index >= 15 is 0 Å². The van der Waals surface area contributed by atoms with Crippen molar-refractivity contribution >= 4 is 11.8 Å². The number of carbonyl (C=O) groups excluding carboxylic acids is 2. The Hall–Kier alpha value is -1.97. The number of aromatic nitrogens is 1. The molecule has 0 aromatic carbocycles. The topological polar surface area (TPSA) is 97.1 Å². The van der Waals surface area contributed by atoms with Gasteiger partial charge in [0.05, 0.1) is 18.8 Å². The summed E-state index contributed by atoms with van der Waals surface area (Å²) in [6.07, 6.45) is 4.74. The zero-order chi connectivity index (χ0) is 23.2. The quantitative estimate of drug-likeness (QED) is 0.756. The molecule has 1 N–H and O–H groups in total. The summed E-state index contributed by atoms with van der Waals surface area (Å²) in [4.78, 5) is 26.3. The highest BCUT2D eigenvalue weighted by atomic mass is 16.7. The smallest absolute Gasteiger partial charge is 0.274 e. The Bertz CT molecular complexity index is 857. The lowest BCUT2D eigenvalue weighted by Gasteiger charge is -2.36. The van der Waals surface area contributed by atoms with Gasteiger partial charge in [0.1, 0.15) is 6.04 Å². The van der Waals surface area contributed by atoms with Gasteiger partial charge in [-0.25, -0.2) is 5.01 Å². The number of carbonyl (C=O) groups is 2. The van der Waals surface area contributed by atoms with Crippen LogP contribution < -0.4 is 5.32 Å². The summed E-state index contributed by atoms with van der Waals surface area (Å²) in [6.45, 7) is 10.4. The maximum Gasteiger partial charge on any atom is 0.274 e. The van der Waals surface area contributed by atoms with Crippen LogP contribution in [0.4, 0.5) is 0 Å². The molecule has 32 heavy (non-hydrogen) atoms. The Morgan fingerprint density at radius 1 is 1.19 bits per heavy atom. The van der Waals surface area contributed by atoms with Crippen molar-refractivity contribution in [3.8, 4) is 0 Å².